The van der Waals surface area contributed by atoms with Crippen LogP contribution in [0, 0.1) is 0 Å². The van der Waals surface area contributed by atoms with Crippen molar-refractivity contribution >= 4 is 11.8 Å². The smallest absolute Gasteiger partial charge is 0.267 e. The number of nitrogens with one attached hydrogen (secondary N) is 1. The molecule has 5 N–H and O–H groups in total. The molecule has 1 atom stereocenters. The maximum Gasteiger partial charge on any atom is 0.267 e. The Kier molecular flexibility index (Phi) is 4.77. The third kappa shape index (κ3) is 2.95. The number of amides is 2. The zero-order valence-corrected chi connectivity index (χ0v) is 12.9. The van der Waals surface area contributed by atoms with Gasteiger partial charge in [-0.3, -0.25) is 14.6 Å². The molecule has 7 nitrogen and oxygen atoms in total. The summed E-state index contributed by atoms with van der Waals surface area (Å²) in [6.07, 6.45) is 2.97. The van der Waals surface area contributed by atoms with Crippen molar-refractivity contribution in [1.82, 2.24) is 10.3 Å². The molecule has 1 aliphatic rings. The number of rotatable bonds is 5. The first kappa shape index (κ1) is 16.4. The molecule has 0 aliphatic carbocycles. The summed E-state index contributed by atoms with van der Waals surface area (Å²) in [7, 11) is 0. The van der Waals surface area contributed by atoms with E-state index in [4.69, 9.17) is 16.2 Å². The maximum atomic E-state index is 12.0. The van der Waals surface area contributed by atoms with E-state index < -0.39 is 17.4 Å². The van der Waals surface area contributed by atoms with Crippen molar-refractivity contribution in [2.45, 2.75) is 32.3 Å². The summed E-state index contributed by atoms with van der Waals surface area (Å²) in [5.74, 6) is -1.30. The van der Waals surface area contributed by atoms with E-state index >= 15 is 0 Å². The summed E-state index contributed by atoms with van der Waals surface area (Å²) in [4.78, 5) is 28.0. The number of carbonyl (C=O) groups is 2. The van der Waals surface area contributed by atoms with Crippen molar-refractivity contribution in [2.75, 3.05) is 19.7 Å². The van der Waals surface area contributed by atoms with Crippen LogP contribution in [0.4, 0.5) is 0 Å². The monoisotopic (exact) mass is 306 g/mol. The molecular weight excluding hydrogens is 284 g/mol. The summed E-state index contributed by atoms with van der Waals surface area (Å²) in [6, 6.07) is 0. The van der Waals surface area contributed by atoms with Gasteiger partial charge in [-0.1, -0.05) is 13.3 Å². The largest absolute Gasteiger partial charge is 0.368 e. The minimum Gasteiger partial charge on any atom is -0.368 e. The topological polar surface area (TPSA) is 120 Å². The molecule has 120 valence electrons. The van der Waals surface area contributed by atoms with Crippen LogP contribution in [0.3, 0.4) is 0 Å². The SMILES string of the molecule is CCCc1cnc(C(N)=O)c(C2(C)CNCCO2)c1C(N)=O. The van der Waals surface area contributed by atoms with Crippen LogP contribution in [0.5, 0.6) is 0 Å². The fourth-order valence-electron chi connectivity index (χ4n) is 2.88. The average Bonchev–Trinajstić information content (AvgIpc) is 2.47. The van der Waals surface area contributed by atoms with Gasteiger partial charge in [0.1, 0.15) is 11.3 Å². The third-order valence-electron chi connectivity index (χ3n) is 3.85. The van der Waals surface area contributed by atoms with E-state index in [0.717, 1.165) is 6.42 Å². The van der Waals surface area contributed by atoms with Gasteiger partial charge in [0.05, 0.1) is 12.2 Å². The Morgan fingerprint density at radius 1 is 1.41 bits per heavy atom. The predicted octanol–water partition coefficient (Wildman–Crippen LogP) is 0.0669. The first-order chi connectivity index (χ1) is 10.4. The average molecular weight is 306 g/mol. The molecule has 1 saturated heterocycles. The molecule has 1 fully saturated rings. The normalized spacial score (nSPS) is 21.5. The van der Waals surface area contributed by atoms with Crippen LogP contribution in [-0.2, 0) is 16.8 Å². The van der Waals surface area contributed by atoms with Crippen LogP contribution >= 0.6 is 0 Å². The van der Waals surface area contributed by atoms with E-state index in [9.17, 15) is 9.59 Å². The van der Waals surface area contributed by atoms with Crippen LogP contribution in [0.1, 0.15) is 52.2 Å². The van der Waals surface area contributed by atoms with Crippen LogP contribution in [0.15, 0.2) is 6.20 Å². The van der Waals surface area contributed by atoms with Crippen molar-refractivity contribution in [3.05, 3.63) is 28.6 Å². The van der Waals surface area contributed by atoms with Gasteiger partial charge in [-0.05, 0) is 18.9 Å². The van der Waals surface area contributed by atoms with Crippen molar-refractivity contribution < 1.29 is 14.3 Å². The lowest BCUT2D eigenvalue weighted by molar-refractivity contribution is -0.0582. The summed E-state index contributed by atoms with van der Waals surface area (Å²) >= 11 is 0. The first-order valence-corrected chi connectivity index (χ1v) is 7.37. The molecule has 2 heterocycles. The molecule has 7 heteroatoms. The van der Waals surface area contributed by atoms with E-state index in [-0.39, 0.29) is 5.69 Å². The summed E-state index contributed by atoms with van der Waals surface area (Å²) in [6.45, 7) is 5.42. The highest BCUT2D eigenvalue weighted by Crippen LogP contribution is 2.33. The number of primary amides is 2. The molecule has 1 aromatic rings. The van der Waals surface area contributed by atoms with Gasteiger partial charge in [0.2, 0.25) is 5.91 Å². The van der Waals surface area contributed by atoms with Crippen LogP contribution in [0.25, 0.3) is 0 Å². The Morgan fingerprint density at radius 3 is 2.64 bits per heavy atom. The number of hydrogen-bond acceptors (Lipinski definition) is 5. The number of aromatic nitrogens is 1. The molecule has 0 aromatic carbocycles. The molecular formula is C15H22N4O3. The van der Waals surface area contributed by atoms with E-state index in [0.29, 0.717) is 42.8 Å². The summed E-state index contributed by atoms with van der Waals surface area (Å²) < 4.78 is 5.85. The predicted molar refractivity (Wildman–Crippen MR) is 81.4 cm³/mol. The zero-order valence-electron chi connectivity index (χ0n) is 12.9. The molecule has 0 saturated carbocycles. The summed E-state index contributed by atoms with van der Waals surface area (Å²) in [5.41, 5.74) is 11.6. The van der Waals surface area contributed by atoms with Crippen molar-refractivity contribution in [2.24, 2.45) is 11.5 Å². The minimum atomic E-state index is -0.871. The number of carbonyl (C=O) groups excluding carboxylic acids is 2. The molecule has 0 radical (unpaired) electrons. The third-order valence-corrected chi connectivity index (χ3v) is 3.85. The van der Waals surface area contributed by atoms with Gasteiger partial charge in [0.25, 0.3) is 5.91 Å². The molecule has 22 heavy (non-hydrogen) atoms. The van der Waals surface area contributed by atoms with Gasteiger partial charge in [-0.15, -0.1) is 0 Å². The number of nitrogens with two attached hydrogens (primary N) is 2. The second-order valence-corrected chi connectivity index (χ2v) is 5.62. The molecule has 0 spiro atoms. The Balaban J connectivity index is 2.72. The highest BCUT2D eigenvalue weighted by atomic mass is 16.5. The highest BCUT2D eigenvalue weighted by molar-refractivity contribution is 6.01. The summed E-state index contributed by atoms with van der Waals surface area (Å²) in [5, 5.41) is 3.20. The van der Waals surface area contributed by atoms with Gasteiger partial charge in [0.15, 0.2) is 0 Å². The lowest BCUT2D eigenvalue weighted by Gasteiger charge is -2.36. The van der Waals surface area contributed by atoms with Crippen molar-refractivity contribution in [3.8, 4) is 0 Å². The second-order valence-electron chi connectivity index (χ2n) is 5.62. The quantitative estimate of drug-likeness (QED) is 0.711. The molecule has 0 bridgehead atoms. The first-order valence-electron chi connectivity index (χ1n) is 7.37. The van der Waals surface area contributed by atoms with Gasteiger partial charge in [-0.2, -0.15) is 0 Å². The number of aryl methyl sites for hydroxylation is 1. The lowest BCUT2D eigenvalue weighted by atomic mass is 9.85. The molecule has 2 amide bonds. The fraction of sp³-hybridized carbons (Fsp3) is 0.533. The Bertz CT molecular complexity index is 595. The van der Waals surface area contributed by atoms with E-state index in [1.807, 2.05) is 13.8 Å². The number of ether oxygens (including phenoxy) is 1. The molecule has 2 rings (SSSR count). The van der Waals surface area contributed by atoms with E-state index in [1.165, 1.54) is 6.20 Å². The van der Waals surface area contributed by atoms with Gasteiger partial charge in [-0.25, -0.2) is 0 Å². The number of morpholine rings is 1. The van der Waals surface area contributed by atoms with Crippen LogP contribution < -0.4 is 16.8 Å². The number of hydrogen-bond donors (Lipinski definition) is 3. The van der Waals surface area contributed by atoms with E-state index in [1.54, 1.807) is 0 Å². The van der Waals surface area contributed by atoms with Gasteiger partial charge >= 0.3 is 0 Å². The Labute approximate surface area is 129 Å². The highest BCUT2D eigenvalue weighted by Gasteiger charge is 2.38. The Hall–Kier alpha value is -1.99. The van der Waals surface area contributed by atoms with Crippen molar-refractivity contribution in [1.29, 1.82) is 0 Å². The minimum absolute atomic E-state index is 0.0415. The van der Waals surface area contributed by atoms with Crippen LogP contribution in [0.2, 0.25) is 0 Å². The molecule has 1 aliphatic heterocycles. The standard InChI is InChI=1S/C15H22N4O3/c1-3-4-9-7-19-12(14(17)21)11(10(9)13(16)20)15(2)8-18-5-6-22-15/h7,18H,3-6,8H2,1-2H3,(H2,16,20)(H2,17,21). The van der Waals surface area contributed by atoms with Gasteiger partial charge < -0.3 is 21.5 Å². The Morgan fingerprint density at radius 2 is 2.14 bits per heavy atom. The second kappa shape index (κ2) is 6.41. The molecule has 1 aromatic heterocycles. The van der Waals surface area contributed by atoms with Crippen LogP contribution in [-0.4, -0.2) is 36.5 Å². The fourth-order valence-corrected chi connectivity index (χ4v) is 2.88. The van der Waals surface area contributed by atoms with Gasteiger partial charge in [0, 0.05) is 24.8 Å². The lowest BCUT2D eigenvalue weighted by Crippen LogP contribution is -2.48. The van der Waals surface area contributed by atoms with Crippen molar-refractivity contribution in [3.63, 3.8) is 0 Å². The zero-order chi connectivity index (χ0) is 16.3. The number of nitrogens with zero attached hydrogens (tertiary/aromatic N) is 1. The number of pyridine rings is 1. The molecule has 1 unspecified atom stereocenters. The maximum absolute atomic E-state index is 12.0. The van der Waals surface area contributed by atoms with E-state index in [2.05, 4.69) is 10.3 Å².